The van der Waals surface area contributed by atoms with Gasteiger partial charge in [0.15, 0.2) is 0 Å². The number of carbonyl (C=O) groups is 2. The zero-order valence-electron chi connectivity index (χ0n) is 9.03. The van der Waals surface area contributed by atoms with Crippen LogP contribution in [0.4, 0.5) is 0 Å². The molecule has 1 saturated carbocycles. The molecular weight excluding hydrogens is 196 g/mol. The summed E-state index contributed by atoms with van der Waals surface area (Å²) < 4.78 is 0. The summed E-state index contributed by atoms with van der Waals surface area (Å²) in [5.74, 6) is -1.58. The van der Waals surface area contributed by atoms with Gasteiger partial charge in [0.2, 0.25) is 0 Å². The van der Waals surface area contributed by atoms with Crippen molar-refractivity contribution in [1.29, 1.82) is 0 Å². The zero-order valence-corrected chi connectivity index (χ0v) is 9.03. The number of aliphatic carboxylic acids is 2. The number of carboxylic acids is 2. The van der Waals surface area contributed by atoms with E-state index in [1.165, 1.54) is 0 Å². The maximum Gasteiger partial charge on any atom is 0.303 e. The van der Waals surface area contributed by atoms with Crippen LogP contribution in [0.1, 0.15) is 45.4 Å². The molecule has 86 valence electrons. The molecular formula is C11H18O4. The Kier molecular flexibility index (Phi) is 3.72. The third kappa shape index (κ3) is 2.94. The molecule has 15 heavy (non-hydrogen) atoms. The van der Waals surface area contributed by atoms with Crippen LogP contribution in [0.25, 0.3) is 0 Å². The molecule has 1 rings (SSSR count). The van der Waals surface area contributed by atoms with E-state index in [4.69, 9.17) is 10.2 Å². The first-order valence-electron chi connectivity index (χ1n) is 5.40. The predicted molar refractivity (Wildman–Crippen MR) is 54.6 cm³/mol. The van der Waals surface area contributed by atoms with Gasteiger partial charge >= 0.3 is 11.9 Å². The van der Waals surface area contributed by atoms with Gasteiger partial charge in [-0.25, -0.2) is 0 Å². The van der Waals surface area contributed by atoms with Crippen molar-refractivity contribution in [3.8, 4) is 0 Å². The van der Waals surface area contributed by atoms with Gasteiger partial charge in [-0.05, 0) is 17.8 Å². The highest BCUT2D eigenvalue weighted by Gasteiger charge is 2.41. The Morgan fingerprint density at radius 2 is 1.73 bits per heavy atom. The molecule has 0 aromatic carbocycles. The van der Waals surface area contributed by atoms with Gasteiger partial charge in [0, 0.05) is 0 Å². The van der Waals surface area contributed by atoms with Crippen LogP contribution in [0.5, 0.6) is 0 Å². The standard InChI is InChI=1S/C11H18O4/c1-8-4-2-3-5-11(8,6-9(12)13)7-10(14)15/h8H,2-7H2,1H3,(H,12,13)(H,14,15). The minimum absolute atomic E-state index is 0.0134. The van der Waals surface area contributed by atoms with Crippen molar-refractivity contribution in [2.24, 2.45) is 11.3 Å². The van der Waals surface area contributed by atoms with Gasteiger partial charge in [-0.3, -0.25) is 9.59 Å². The lowest BCUT2D eigenvalue weighted by Gasteiger charge is -2.40. The summed E-state index contributed by atoms with van der Waals surface area (Å²) in [6.07, 6.45) is 3.68. The SMILES string of the molecule is CC1CCCCC1(CC(=O)O)CC(=O)O. The summed E-state index contributed by atoms with van der Waals surface area (Å²) in [5, 5.41) is 17.7. The molecule has 1 aliphatic rings. The third-order valence-electron chi connectivity index (χ3n) is 3.61. The van der Waals surface area contributed by atoms with Crippen molar-refractivity contribution in [1.82, 2.24) is 0 Å². The molecule has 0 radical (unpaired) electrons. The van der Waals surface area contributed by atoms with E-state index in [-0.39, 0.29) is 18.8 Å². The quantitative estimate of drug-likeness (QED) is 0.751. The van der Waals surface area contributed by atoms with Crippen molar-refractivity contribution >= 4 is 11.9 Å². The predicted octanol–water partition coefficient (Wildman–Crippen LogP) is 2.13. The average Bonchev–Trinajstić information content (AvgIpc) is 2.08. The van der Waals surface area contributed by atoms with Gasteiger partial charge in [0.05, 0.1) is 12.8 Å². The average molecular weight is 214 g/mol. The molecule has 0 aromatic rings. The van der Waals surface area contributed by atoms with E-state index in [0.717, 1.165) is 25.7 Å². The molecule has 2 N–H and O–H groups in total. The third-order valence-corrected chi connectivity index (χ3v) is 3.61. The van der Waals surface area contributed by atoms with Crippen LogP contribution in [0.15, 0.2) is 0 Å². The van der Waals surface area contributed by atoms with Crippen LogP contribution in [0, 0.1) is 11.3 Å². The molecule has 0 aromatic heterocycles. The summed E-state index contributed by atoms with van der Waals surface area (Å²) in [7, 11) is 0. The van der Waals surface area contributed by atoms with Gasteiger partial charge in [-0.1, -0.05) is 26.2 Å². The summed E-state index contributed by atoms with van der Waals surface area (Å²) in [4.78, 5) is 21.6. The van der Waals surface area contributed by atoms with Crippen LogP contribution in [0.3, 0.4) is 0 Å². The molecule has 0 saturated heterocycles. The molecule has 0 spiro atoms. The Bertz CT molecular complexity index is 243. The van der Waals surface area contributed by atoms with Gasteiger partial charge < -0.3 is 10.2 Å². The van der Waals surface area contributed by atoms with Crippen LogP contribution in [0.2, 0.25) is 0 Å². The fourth-order valence-corrected chi connectivity index (χ4v) is 2.67. The highest BCUT2D eigenvalue weighted by Crippen LogP contribution is 2.46. The van der Waals surface area contributed by atoms with Crippen LogP contribution >= 0.6 is 0 Å². The Balaban J connectivity index is 2.81. The largest absolute Gasteiger partial charge is 0.481 e. The van der Waals surface area contributed by atoms with Gasteiger partial charge in [0.1, 0.15) is 0 Å². The number of hydrogen-bond acceptors (Lipinski definition) is 2. The molecule has 1 unspecified atom stereocenters. The minimum Gasteiger partial charge on any atom is -0.481 e. The number of rotatable bonds is 4. The molecule has 0 aliphatic heterocycles. The van der Waals surface area contributed by atoms with Gasteiger partial charge in [-0.2, -0.15) is 0 Å². The Morgan fingerprint density at radius 1 is 1.20 bits per heavy atom. The molecule has 0 heterocycles. The number of hydrogen-bond donors (Lipinski definition) is 2. The Morgan fingerprint density at radius 3 is 2.13 bits per heavy atom. The van der Waals surface area contributed by atoms with Crippen LogP contribution < -0.4 is 0 Å². The van der Waals surface area contributed by atoms with Crippen molar-refractivity contribution in [3.05, 3.63) is 0 Å². The summed E-state index contributed by atoms with van der Waals surface area (Å²) in [6, 6.07) is 0. The molecule has 1 fully saturated rings. The second-order valence-corrected chi connectivity index (χ2v) is 4.65. The second-order valence-electron chi connectivity index (χ2n) is 4.65. The first kappa shape index (κ1) is 12.0. The highest BCUT2D eigenvalue weighted by atomic mass is 16.4. The number of carboxylic acid groups (broad SMARTS) is 2. The molecule has 0 amide bonds. The first-order valence-corrected chi connectivity index (χ1v) is 5.40. The van der Waals surface area contributed by atoms with Crippen molar-refractivity contribution in [2.75, 3.05) is 0 Å². The Labute approximate surface area is 89.3 Å². The minimum atomic E-state index is -0.884. The molecule has 4 nitrogen and oxygen atoms in total. The normalized spacial score (nSPS) is 24.7. The molecule has 4 heteroatoms. The smallest absolute Gasteiger partial charge is 0.303 e. The fraction of sp³-hybridized carbons (Fsp3) is 0.818. The lowest BCUT2D eigenvalue weighted by Crippen LogP contribution is -2.36. The van der Waals surface area contributed by atoms with Crippen molar-refractivity contribution < 1.29 is 19.8 Å². The van der Waals surface area contributed by atoms with E-state index < -0.39 is 17.4 Å². The lowest BCUT2D eigenvalue weighted by atomic mass is 9.63. The van der Waals surface area contributed by atoms with E-state index in [9.17, 15) is 9.59 Å². The molecule has 0 bridgehead atoms. The van der Waals surface area contributed by atoms with E-state index in [2.05, 4.69) is 0 Å². The van der Waals surface area contributed by atoms with Crippen molar-refractivity contribution in [3.63, 3.8) is 0 Å². The fourth-order valence-electron chi connectivity index (χ4n) is 2.67. The highest BCUT2D eigenvalue weighted by molar-refractivity contribution is 5.72. The first-order chi connectivity index (χ1) is 6.96. The van der Waals surface area contributed by atoms with Gasteiger partial charge in [-0.15, -0.1) is 0 Å². The van der Waals surface area contributed by atoms with Crippen molar-refractivity contribution in [2.45, 2.75) is 45.4 Å². The van der Waals surface area contributed by atoms with E-state index in [1.54, 1.807) is 0 Å². The van der Waals surface area contributed by atoms with E-state index in [1.807, 2.05) is 6.92 Å². The second kappa shape index (κ2) is 4.64. The summed E-state index contributed by atoms with van der Waals surface area (Å²) in [5.41, 5.74) is -0.518. The van der Waals surface area contributed by atoms with E-state index >= 15 is 0 Å². The van der Waals surface area contributed by atoms with Crippen LogP contribution in [-0.2, 0) is 9.59 Å². The van der Waals surface area contributed by atoms with E-state index in [0.29, 0.717) is 0 Å². The maximum atomic E-state index is 10.8. The zero-order chi connectivity index (χ0) is 11.5. The molecule has 1 aliphatic carbocycles. The van der Waals surface area contributed by atoms with Gasteiger partial charge in [0.25, 0.3) is 0 Å². The van der Waals surface area contributed by atoms with Crippen LogP contribution in [-0.4, -0.2) is 22.2 Å². The maximum absolute atomic E-state index is 10.8. The monoisotopic (exact) mass is 214 g/mol. The Hall–Kier alpha value is -1.06. The topological polar surface area (TPSA) is 74.6 Å². The lowest BCUT2D eigenvalue weighted by molar-refractivity contribution is -0.146. The summed E-state index contributed by atoms with van der Waals surface area (Å²) in [6.45, 7) is 1.98. The summed E-state index contributed by atoms with van der Waals surface area (Å²) >= 11 is 0. The molecule has 1 atom stereocenters.